The molecule has 42 heavy (non-hydrogen) atoms. The Bertz CT molecular complexity index is 1470. The van der Waals surface area contributed by atoms with Gasteiger partial charge < -0.3 is 15.5 Å². The van der Waals surface area contributed by atoms with E-state index >= 15 is 0 Å². The summed E-state index contributed by atoms with van der Waals surface area (Å²) >= 11 is 2.78. The van der Waals surface area contributed by atoms with Crippen molar-refractivity contribution in [3.8, 4) is 0 Å². The van der Waals surface area contributed by atoms with Crippen molar-refractivity contribution < 1.29 is 14.4 Å². The van der Waals surface area contributed by atoms with Gasteiger partial charge in [-0.3, -0.25) is 19.3 Å². The van der Waals surface area contributed by atoms with Crippen LogP contribution < -0.4 is 10.6 Å². The summed E-state index contributed by atoms with van der Waals surface area (Å²) in [6, 6.07) is 28.2. The third kappa shape index (κ3) is 8.06. The number of anilines is 2. The lowest BCUT2D eigenvalue weighted by atomic mass is 9.96. The van der Waals surface area contributed by atoms with E-state index in [-0.39, 0.29) is 35.9 Å². The Labute approximate surface area is 254 Å². The Balaban J connectivity index is 1.10. The predicted molar refractivity (Wildman–Crippen MR) is 169 cm³/mol. The van der Waals surface area contributed by atoms with Crippen molar-refractivity contribution in [1.29, 1.82) is 0 Å². The predicted octanol–water partition coefficient (Wildman–Crippen LogP) is 5.31. The van der Waals surface area contributed by atoms with Crippen LogP contribution in [0.3, 0.4) is 0 Å². The first-order valence-electron chi connectivity index (χ1n) is 13.8. The minimum atomic E-state index is -0.172. The normalized spacial score (nSPS) is 13.6. The molecule has 0 bridgehead atoms. The molecule has 2 heterocycles. The maximum Gasteiger partial charge on any atom is 0.234 e. The molecule has 10 heteroatoms. The molecule has 0 unspecified atom stereocenters. The van der Waals surface area contributed by atoms with E-state index in [1.807, 2.05) is 22.4 Å². The molecule has 0 saturated carbocycles. The lowest BCUT2D eigenvalue weighted by Crippen LogP contribution is -2.50. The summed E-state index contributed by atoms with van der Waals surface area (Å²) in [5, 5.41) is 7.44. The second kappa shape index (κ2) is 14.3. The van der Waals surface area contributed by atoms with E-state index in [9.17, 15) is 14.4 Å². The van der Waals surface area contributed by atoms with Crippen LogP contribution in [0.1, 0.15) is 29.8 Å². The number of nitrogens with one attached hydrogen (secondary N) is 2. The van der Waals surface area contributed by atoms with Crippen molar-refractivity contribution in [3.05, 3.63) is 107 Å². The number of hydrogen-bond donors (Lipinski definition) is 2. The van der Waals surface area contributed by atoms with Crippen molar-refractivity contribution in [2.24, 2.45) is 0 Å². The van der Waals surface area contributed by atoms with Gasteiger partial charge in [-0.15, -0.1) is 11.3 Å². The number of thiazole rings is 1. The SMILES string of the molecule is CC(=O)Nc1cccc(NC(=O)CSc2nc(CC(=O)N3CCN(C(c4ccccc4)c4ccccc4)CC3)cs2)c1. The first-order chi connectivity index (χ1) is 20.4. The Morgan fingerprint density at radius 3 is 2.10 bits per heavy atom. The Hall–Kier alpha value is -3.99. The van der Waals surface area contributed by atoms with Crippen LogP contribution >= 0.6 is 23.1 Å². The molecule has 1 aromatic heterocycles. The number of piperazine rings is 1. The average Bonchev–Trinajstić information content (AvgIpc) is 3.45. The third-order valence-corrected chi connectivity index (χ3v) is 8.99. The molecule has 0 spiro atoms. The van der Waals surface area contributed by atoms with Gasteiger partial charge in [0.05, 0.1) is 23.9 Å². The maximum absolute atomic E-state index is 13.1. The van der Waals surface area contributed by atoms with Crippen LogP contribution in [0, 0.1) is 0 Å². The molecule has 3 amide bonds. The molecule has 4 aromatic rings. The van der Waals surface area contributed by atoms with E-state index in [4.69, 9.17) is 0 Å². The fourth-order valence-electron chi connectivity index (χ4n) is 5.02. The second-order valence-electron chi connectivity index (χ2n) is 10.0. The molecule has 3 aromatic carbocycles. The molecular weight excluding hydrogens is 567 g/mol. The van der Waals surface area contributed by atoms with Gasteiger partial charge in [0.1, 0.15) is 0 Å². The fourth-order valence-corrected chi connectivity index (χ4v) is 6.66. The minimum Gasteiger partial charge on any atom is -0.340 e. The van der Waals surface area contributed by atoms with Gasteiger partial charge in [0.2, 0.25) is 17.7 Å². The zero-order chi connectivity index (χ0) is 29.3. The van der Waals surface area contributed by atoms with E-state index in [1.165, 1.54) is 41.1 Å². The number of aromatic nitrogens is 1. The number of nitrogens with zero attached hydrogens (tertiary/aromatic N) is 3. The van der Waals surface area contributed by atoms with Crippen molar-refractivity contribution in [3.63, 3.8) is 0 Å². The third-order valence-electron chi connectivity index (χ3n) is 6.92. The molecule has 1 aliphatic rings. The molecule has 1 saturated heterocycles. The summed E-state index contributed by atoms with van der Waals surface area (Å²) in [5.74, 6) is -0.0784. The Kier molecular flexibility index (Phi) is 10.0. The minimum absolute atomic E-state index is 0.0734. The summed E-state index contributed by atoms with van der Waals surface area (Å²) in [7, 11) is 0. The molecule has 0 aliphatic carbocycles. The highest BCUT2D eigenvalue weighted by atomic mass is 32.2. The maximum atomic E-state index is 13.1. The molecule has 2 N–H and O–H groups in total. The molecule has 8 nitrogen and oxygen atoms in total. The first-order valence-corrected chi connectivity index (χ1v) is 15.7. The van der Waals surface area contributed by atoms with Crippen LogP contribution in [0.15, 0.2) is 94.6 Å². The van der Waals surface area contributed by atoms with Crippen LogP contribution in [-0.2, 0) is 20.8 Å². The van der Waals surface area contributed by atoms with E-state index in [2.05, 4.69) is 69.0 Å². The van der Waals surface area contributed by atoms with Crippen molar-refractivity contribution in [2.75, 3.05) is 42.6 Å². The van der Waals surface area contributed by atoms with Gasteiger partial charge in [-0.05, 0) is 29.3 Å². The zero-order valence-electron chi connectivity index (χ0n) is 23.4. The van der Waals surface area contributed by atoms with Crippen molar-refractivity contribution in [2.45, 2.75) is 23.7 Å². The average molecular weight is 600 g/mol. The molecule has 1 fully saturated rings. The Morgan fingerprint density at radius 2 is 1.48 bits per heavy atom. The van der Waals surface area contributed by atoms with E-state index < -0.39 is 0 Å². The highest BCUT2D eigenvalue weighted by Gasteiger charge is 2.28. The van der Waals surface area contributed by atoms with Gasteiger partial charge in [-0.1, -0.05) is 78.5 Å². The summed E-state index contributed by atoms with van der Waals surface area (Å²) in [6.07, 6.45) is 0.250. The number of amides is 3. The van der Waals surface area contributed by atoms with Crippen LogP contribution in [0.4, 0.5) is 11.4 Å². The highest BCUT2D eigenvalue weighted by Crippen LogP contribution is 2.30. The van der Waals surface area contributed by atoms with Crippen LogP contribution in [0.2, 0.25) is 0 Å². The summed E-state index contributed by atoms with van der Waals surface area (Å²) in [4.78, 5) is 45.8. The molecule has 216 valence electrons. The largest absolute Gasteiger partial charge is 0.340 e. The van der Waals surface area contributed by atoms with E-state index in [0.717, 1.165) is 23.1 Å². The van der Waals surface area contributed by atoms with Crippen LogP contribution in [0.5, 0.6) is 0 Å². The standard InChI is InChI=1S/C32H33N5O3S2/c1-23(38)33-26-13-8-14-27(19-26)34-29(39)22-42-32-35-28(21-41-32)20-30(40)36-15-17-37(18-16-36)31(24-9-4-2-5-10-24)25-11-6-3-7-12-25/h2-14,19,21,31H,15-18,20,22H2,1H3,(H,33,38)(H,34,39). The first kappa shape index (κ1) is 29.5. The Morgan fingerprint density at radius 1 is 0.857 bits per heavy atom. The monoisotopic (exact) mass is 599 g/mol. The summed E-state index contributed by atoms with van der Waals surface area (Å²) < 4.78 is 0.748. The number of carbonyl (C=O) groups is 3. The van der Waals surface area contributed by atoms with Crippen LogP contribution in [0.25, 0.3) is 0 Å². The highest BCUT2D eigenvalue weighted by molar-refractivity contribution is 8.01. The van der Waals surface area contributed by atoms with E-state index in [1.54, 1.807) is 24.3 Å². The number of benzene rings is 3. The second-order valence-corrected chi connectivity index (χ2v) is 12.1. The smallest absolute Gasteiger partial charge is 0.234 e. The molecule has 0 radical (unpaired) electrons. The summed E-state index contributed by atoms with van der Waals surface area (Å²) in [6.45, 7) is 4.36. The van der Waals surface area contributed by atoms with Gasteiger partial charge in [0, 0.05) is 49.9 Å². The lowest BCUT2D eigenvalue weighted by molar-refractivity contribution is -0.132. The van der Waals surface area contributed by atoms with Gasteiger partial charge in [-0.2, -0.15) is 0 Å². The number of carbonyl (C=O) groups excluding carboxylic acids is 3. The topological polar surface area (TPSA) is 94.6 Å². The molecule has 0 atom stereocenters. The molecular formula is C32H33N5O3S2. The number of hydrogen-bond acceptors (Lipinski definition) is 7. The van der Waals surface area contributed by atoms with Gasteiger partial charge in [0.25, 0.3) is 0 Å². The van der Waals surface area contributed by atoms with Crippen molar-refractivity contribution in [1.82, 2.24) is 14.8 Å². The number of thioether (sulfide) groups is 1. The van der Waals surface area contributed by atoms with Gasteiger partial charge in [-0.25, -0.2) is 4.98 Å². The quantitative estimate of drug-likeness (QED) is 0.240. The summed E-state index contributed by atoms with van der Waals surface area (Å²) in [5.41, 5.74) is 4.46. The van der Waals surface area contributed by atoms with Crippen LogP contribution in [-0.4, -0.2) is 64.4 Å². The fraction of sp³-hybridized carbons (Fsp3) is 0.250. The molecule has 1 aliphatic heterocycles. The van der Waals surface area contributed by atoms with Gasteiger partial charge in [0.15, 0.2) is 4.34 Å². The van der Waals surface area contributed by atoms with Crippen molar-refractivity contribution >= 4 is 52.2 Å². The van der Waals surface area contributed by atoms with Gasteiger partial charge >= 0.3 is 0 Å². The van der Waals surface area contributed by atoms with E-state index in [0.29, 0.717) is 24.5 Å². The zero-order valence-corrected chi connectivity index (χ0v) is 25.0. The number of rotatable bonds is 10. The molecule has 5 rings (SSSR count). The lowest BCUT2D eigenvalue weighted by Gasteiger charge is -2.39.